The first kappa shape index (κ1) is 14.8. The number of hydrogen-bond donors (Lipinski definition) is 2. The monoisotopic (exact) mass is 258 g/mol. The fourth-order valence-electron chi connectivity index (χ4n) is 2.06. The van der Waals surface area contributed by atoms with E-state index in [1.807, 2.05) is 20.8 Å². The molecule has 0 radical (unpaired) electrons. The van der Waals surface area contributed by atoms with Gasteiger partial charge in [0.1, 0.15) is 0 Å². The minimum absolute atomic E-state index is 0.0359. The van der Waals surface area contributed by atoms with Gasteiger partial charge in [-0.2, -0.15) is 0 Å². The van der Waals surface area contributed by atoms with Gasteiger partial charge in [-0.05, 0) is 27.2 Å². The lowest BCUT2D eigenvalue weighted by Crippen LogP contribution is -2.53. The van der Waals surface area contributed by atoms with Gasteiger partial charge in [0.25, 0.3) is 0 Å². The summed E-state index contributed by atoms with van der Waals surface area (Å²) in [6, 6.07) is -0.281. The maximum Gasteiger partial charge on any atom is 0.317 e. The predicted molar refractivity (Wildman–Crippen MR) is 66.4 cm³/mol. The van der Waals surface area contributed by atoms with Crippen molar-refractivity contribution in [3.05, 3.63) is 0 Å². The Kier molecular flexibility index (Phi) is 5.40. The van der Waals surface area contributed by atoms with Crippen LogP contribution in [0.3, 0.4) is 0 Å². The van der Waals surface area contributed by atoms with Crippen LogP contribution in [0.2, 0.25) is 0 Å². The highest BCUT2D eigenvalue weighted by molar-refractivity contribution is 5.74. The number of morpholine rings is 1. The van der Waals surface area contributed by atoms with E-state index in [1.165, 1.54) is 0 Å². The van der Waals surface area contributed by atoms with Gasteiger partial charge in [0, 0.05) is 25.6 Å². The SMILES string of the molecule is CC(CCC(=O)O)NC(=O)N1CC(C)OC(C)C1. The van der Waals surface area contributed by atoms with Crippen molar-refractivity contribution in [3.63, 3.8) is 0 Å². The fraction of sp³-hybridized carbons (Fsp3) is 0.833. The lowest BCUT2D eigenvalue weighted by Gasteiger charge is -2.35. The zero-order chi connectivity index (χ0) is 13.7. The first-order chi connectivity index (χ1) is 8.38. The minimum atomic E-state index is -0.843. The van der Waals surface area contributed by atoms with E-state index in [1.54, 1.807) is 4.90 Å². The van der Waals surface area contributed by atoms with E-state index in [9.17, 15) is 9.59 Å². The molecule has 18 heavy (non-hydrogen) atoms. The van der Waals surface area contributed by atoms with Gasteiger partial charge in [-0.1, -0.05) is 0 Å². The quantitative estimate of drug-likeness (QED) is 0.790. The number of carbonyl (C=O) groups is 2. The van der Waals surface area contributed by atoms with Crippen LogP contribution < -0.4 is 5.32 Å². The predicted octanol–water partition coefficient (Wildman–Crippen LogP) is 1.06. The van der Waals surface area contributed by atoms with Gasteiger partial charge in [0.05, 0.1) is 12.2 Å². The Labute approximate surface area is 107 Å². The van der Waals surface area contributed by atoms with Crippen LogP contribution in [0.5, 0.6) is 0 Å². The largest absolute Gasteiger partial charge is 0.481 e. The number of ether oxygens (including phenoxy) is 1. The van der Waals surface area contributed by atoms with Crippen molar-refractivity contribution in [1.82, 2.24) is 10.2 Å². The molecule has 0 aromatic heterocycles. The summed E-state index contributed by atoms with van der Waals surface area (Å²) in [4.78, 5) is 24.1. The average molecular weight is 258 g/mol. The highest BCUT2D eigenvalue weighted by Crippen LogP contribution is 2.11. The first-order valence-electron chi connectivity index (χ1n) is 6.31. The molecule has 6 nitrogen and oxygen atoms in total. The number of aliphatic carboxylic acids is 1. The first-order valence-corrected chi connectivity index (χ1v) is 6.31. The van der Waals surface area contributed by atoms with Gasteiger partial charge in [-0.3, -0.25) is 4.79 Å². The van der Waals surface area contributed by atoms with Crippen molar-refractivity contribution in [1.29, 1.82) is 0 Å². The Morgan fingerprint density at radius 2 is 1.94 bits per heavy atom. The number of nitrogens with zero attached hydrogens (tertiary/aromatic N) is 1. The van der Waals surface area contributed by atoms with E-state index in [-0.39, 0.29) is 30.7 Å². The molecule has 3 unspecified atom stereocenters. The second-order valence-electron chi connectivity index (χ2n) is 4.95. The Morgan fingerprint density at radius 3 is 2.44 bits per heavy atom. The molecular formula is C12H22N2O4. The van der Waals surface area contributed by atoms with Crippen LogP contribution in [0, 0.1) is 0 Å². The molecule has 2 N–H and O–H groups in total. The smallest absolute Gasteiger partial charge is 0.317 e. The molecule has 2 amide bonds. The zero-order valence-corrected chi connectivity index (χ0v) is 11.2. The highest BCUT2D eigenvalue weighted by atomic mass is 16.5. The number of nitrogens with one attached hydrogen (secondary N) is 1. The normalized spacial score (nSPS) is 25.6. The molecular weight excluding hydrogens is 236 g/mol. The molecule has 0 aromatic rings. The van der Waals surface area contributed by atoms with Crippen LogP contribution in [-0.2, 0) is 9.53 Å². The lowest BCUT2D eigenvalue weighted by atomic mass is 10.2. The Morgan fingerprint density at radius 1 is 1.39 bits per heavy atom. The maximum atomic E-state index is 12.0. The molecule has 0 saturated carbocycles. The Bertz CT molecular complexity index is 298. The number of rotatable bonds is 4. The Balaban J connectivity index is 2.37. The topological polar surface area (TPSA) is 78.9 Å². The van der Waals surface area contributed by atoms with Gasteiger partial charge >= 0.3 is 12.0 Å². The number of carbonyl (C=O) groups excluding carboxylic acids is 1. The maximum absolute atomic E-state index is 12.0. The standard InChI is InChI=1S/C12H22N2O4/c1-8(4-5-11(15)16)13-12(17)14-6-9(2)18-10(3)7-14/h8-10H,4-7H2,1-3H3,(H,13,17)(H,15,16). The van der Waals surface area contributed by atoms with Gasteiger partial charge in [0.15, 0.2) is 0 Å². The zero-order valence-electron chi connectivity index (χ0n) is 11.2. The van der Waals surface area contributed by atoms with Crippen molar-refractivity contribution in [3.8, 4) is 0 Å². The van der Waals surface area contributed by atoms with Crippen molar-refractivity contribution in [2.75, 3.05) is 13.1 Å². The summed E-state index contributed by atoms with van der Waals surface area (Å²) >= 11 is 0. The molecule has 0 spiro atoms. The summed E-state index contributed by atoms with van der Waals surface area (Å²) in [5.41, 5.74) is 0. The summed E-state index contributed by atoms with van der Waals surface area (Å²) in [6.07, 6.45) is 0.580. The molecule has 0 bridgehead atoms. The van der Waals surface area contributed by atoms with E-state index in [2.05, 4.69) is 5.32 Å². The summed E-state index contributed by atoms with van der Waals surface area (Å²) < 4.78 is 5.55. The molecule has 1 saturated heterocycles. The molecule has 3 atom stereocenters. The fourth-order valence-corrected chi connectivity index (χ4v) is 2.06. The Hall–Kier alpha value is -1.30. The molecule has 1 aliphatic heterocycles. The van der Waals surface area contributed by atoms with Crippen LogP contribution in [-0.4, -0.2) is 53.3 Å². The summed E-state index contributed by atoms with van der Waals surface area (Å²) in [5.74, 6) is -0.843. The van der Waals surface area contributed by atoms with Crippen LogP contribution >= 0.6 is 0 Å². The number of carboxylic acid groups (broad SMARTS) is 1. The summed E-state index contributed by atoms with van der Waals surface area (Å²) in [5, 5.41) is 11.4. The molecule has 0 aliphatic carbocycles. The van der Waals surface area contributed by atoms with Gasteiger partial charge < -0.3 is 20.1 Å². The van der Waals surface area contributed by atoms with Gasteiger partial charge in [0.2, 0.25) is 0 Å². The van der Waals surface area contributed by atoms with E-state index in [0.29, 0.717) is 19.5 Å². The van der Waals surface area contributed by atoms with E-state index < -0.39 is 5.97 Å². The van der Waals surface area contributed by atoms with Crippen LogP contribution in [0.25, 0.3) is 0 Å². The summed E-state index contributed by atoms with van der Waals surface area (Å²) in [6.45, 7) is 6.82. The van der Waals surface area contributed by atoms with E-state index in [4.69, 9.17) is 9.84 Å². The molecule has 1 aliphatic rings. The third-order valence-corrected chi connectivity index (χ3v) is 2.87. The van der Waals surface area contributed by atoms with Crippen molar-refractivity contribution in [2.45, 2.75) is 51.9 Å². The van der Waals surface area contributed by atoms with E-state index >= 15 is 0 Å². The molecule has 1 rings (SSSR count). The van der Waals surface area contributed by atoms with Crippen LogP contribution in [0.4, 0.5) is 4.79 Å². The van der Waals surface area contributed by atoms with Crippen molar-refractivity contribution >= 4 is 12.0 Å². The van der Waals surface area contributed by atoms with Crippen molar-refractivity contribution < 1.29 is 19.4 Å². The molecule has 6 heteroatoms. The summed E-state index contributed by atoms with van der Waals surface area (Å²) in [7, 11) is 0. The molecule has 0 aromatic carbocycles. The van der Waals surface area contributed by atoms with Crippen LogP contribution in [0.1, 0.15) is 33.6 Å². The number of amides is 2. The second kappa shape index (κ2) is 6.58. The number of urea groups is 1. The molecule has 1 heterocycles. The van der Waals surface area contributed by atoms with Gasteiger partial charge in [-0.15, -0.1) is 0 Å². The number of carboxylic acids is 1. The molecule has 1 fully saturated rings. The lowest BCUT2D eigenvalue weighted by molar-refractivity contribution is -0.137. The van der Waals surface area contributed by atoms with Gasteiger partial charge in [-0.25, -0.2) is 4.79 Å². The van der Waals surface area contributed by atoms with Crippen molar-refractivity contribution in [2.24, 2.45) is 0 Å². The average Bonchev–Trinajstić information content (AvgIpc) is 2.25. The minimum Gasteiger partial charge on any atom is -0.481 e. The van der Waals surface area contributed by atoms with Crippen LogP contribution in [0.15, 0.2) is 0 Å². The molecule has 104 valence electrons. The second-order valence-corrected chi connectivity index (χ2v) is 4.95. The number of hydrogen-bond acceptors (Lipinski definition) is 3. The van der Waals surface area contributed by atoms with E-state index in [0.717, 1.165) is 0 Å². The third-order valence-electron chi connectivity index (χ3n) is 2.87. The third kappa shape index (κ3) is 4.91. The highest BCUT2D eigenvalue weighted by Gasteiger charge is 2.26.